The van der Waals surface area contributed by atoms with Crippen LogP contribution < -0.4 is 5.32 Å². The van der Waals surface area contributed by atoms with E-state index < -0.39 is 11.7 Å². The lowest BCUT2D eigenvalue weighted by molar-refractivity contribution is -0.187. The van der Waals surface area contributed by atoms with E-state index in [2.05, 4.69) is 43.4 Å². The fourth-order valence-electron chi connectivity index (χ4n) is 12.0. The summed E-state index contributed by atoms with van der Waals surface area (Å²) in [4.78, 5) is 0. The summed E-state index contributed by atoms with van der Waals surface area (Å²) in [5, 5.41) is 36.7. The normalized spacial score (nSPS) is 51.5. The van der Waals surface area contributed by atoms with Gasteiger partial charge in [0.1, 0.15) is 11.7 Å². The Morgan fingerprint density at radius 2 is 1.95 bits per heavy atom. The zero-order valence-corrected chi connectivity index (χ0v) is 22.9. The van der Waals surface area contributed by atoms with Gasteiger partial charge in [-0.05, 0) is 116 Å². The molecular formula is C32H45NO4. The van der Waals surface area contributed by atoms with E-state index >= 15 is 0 Å². The Bertz CT molecular complexity index is 1130. The van der Waals surface area contributed by atoms with Crippen molar-refractivity contribution in [2.24, 2.45) is 51.8 Å². The summed E-state index contributed by atoms with van der Waals surface area (Å²) >= 11 is 0. The smallest absolute Gasteiger partial charge is 0.110 e. The van der Waals surface area contributed by atoms with Crippen molar-refractivity contribution in [3.05, 3.63) is 41.7 Å². The maximum absolute atomic E-state index is 12.5. The van der Waals surface area contributed by atoms with Crippen LogP contribution in [0.4, 0.5) is 5.69 Å². The molecule has 0 amide bonds. The molecule has 202 valence electrons. The molecule has 37 heavy (non-hydrogen) atoms. The molecule has 0 aromatic heterocycles. The largest absolute Gasteiger partial charge is 0.512 e. The highest BCUT2D eigenvalue weighted by Gasteiger charge is 2.87. The van der Waals surface area contributed by atoms with Crippen LogP contribution in [0.3, 0.4) is 0 Å². The molecule has 1 spiro atoms. The maximum atomic E-state index is 12.5. The van der Waals surface area contributed by atoms with Gasteiger partial charge in [0.2, 0.25) is 0 Å². The molecule has 0 radical (unpaired) electrons. The molecule has 5 heteroatoms. The second-order valence-electron chi connectivity index (χ2n) is 14.3. The third kappa shape index (κ3) is 2.77. The Labute approximate surface area is 221 Å². The van der Waals surface area contributed by atoms with E-state index in [1.807, 2.05) is 13.0 Å². The summed E-state index contributed by atoms with van der Waals surface area (Å²) < 4.78 is 5.86. The van der Waals surface area contributed by atoms with Crippen molar-refractivity contribution in [3.63, 3.8) is 0 Å². The van der Waals surface area contributed by atoms with Crippen molar-refractivity contribution >= 4 is 5.69 Å². The van der Waals surface area contributed by atoms with Crippen LogP contribution in [0.25, 0.3) is 0 Å². The van der Waals surface area contributed by atoms with Gasteiger partial charge < -0.3 is 25.4 Å². The first-order valence-electron chi connectivity index (χ1n) is 14.8. The fourth-order valence-corrected chi connectivity index (χ4v) is 12.0. The number of hydrogen-bond donors (Lipinski definition) is 4. The predicted octanol–water partition coefficient (Wildman–Crippen LogP) is 5.33. The summed E-state index contributed by atoms with van der Waals surface area (Å²) in [5.41, 5.74) is 1.43. The maximum Gasteiger partial charge on any atom is 0.110 e. The molecule has 1 aromatic carbocycles. The van der Waals surface area contributed by atoms with Crippen molar-refractivity contribution in [2.75, 3.05) is 19.0 Å². The van der Waals surface area contributed by atoms with Gasteiger partial charge in [-0.25, -0.2) is 0 Å². The Balaban J connectivity index is 1.23. The van der Waals surface area contributed by atoms with Crippen LogP contribution in [0.2, 0.25) is 0 Å². The molecule has 0 unspecified atom stereocenters. The molecule has 6 aliphatic carbocycles. The number of benzene rings is 1. The molecule has 5 nitrogen and oxygen atoms in total. The molecular weight excluding hydrogens is 462 g/mol. The van der Waals surface area contributed by atoms with Crippen LogP contribution in [-0.2, 0) is 11.2 Å². The third-order valence-corrected chi connectivity index (χ3v) is 13.3. The molecule has 6 aliphatic rings. The van der Waals surface area contributed by atoms with Gasteiger partial charge in [-0.2, -0.15) is 0 Å². The lowest BCUT2D eigenvalue weighted by atomic mass is 9.43. The zero-order chi connectivity index (χ0) is 26.0. The van der Waals surface area contributed by atoms with Crippen LogP contribution in [0.5, 0.6) is 0 Å². The molecule has 0 saturated heterocycles. The highest BCUT2D eigenvalue weighted by molar-refractivity contribution is 5.46. The molecule has 12 atom stereocenters. The predicted molar refractivity (Wildman–Crippen MR) is 144 cm³/mol. The molecule has 1 aromatic rings. The Morgan fingerprint density at radius 3 is 2.70 bits per heavy atom. The van der Waals surface area contributed by atoms with Gasteiger partial charge in [0, 0.05) is 24.8 Å². The van der Waals surface area contributed by atoms with Gasteiger partial charge in [-0.15, -0.1) is 0 Å². The van der Waals surface area contributed by atoms with Crippen molar-refractivity contribution in [1.29, 1.82) is 0 Å². The average Bonchev–Trinajstić information content (AvgIpc) is 3.42. The highest BCUT2D eigenvalue weighted by Crippen LogP contribution is 2.88. The van der Waals surface area contributed by atoms with Gasteiger partial charge in [-0.3, -0.25) is 0 Å². The first-order chi connectivity index (χ1) is 17.6. The minimum atomic E-state index is -1.01. The standard InChI is InChI=1S/C32H45NO4/c1-18(34)17-33-24-7-5-6-19(11-24)10-21-16-31-15-20(21)8-9-23(31)12-22-14-29(2)30(31,3)27(22)28-25(35)13-26(37-4)32(28,29)36/h5-7,11,13,18,20-23,26-28,33-36H,8-10,12,14-17H2,1-4H3/t18-,20+,21+,22-,23+,26-,27-,28-,29-,30-,31+,32+/m0/s1. The van der Waals surface area contributed by atoms with Gasteiger partial charge in [0.15, 0.2) is 0 Å². The van der Waals surface area contributed by atoms with Crippen LogP contribution in [0.1, 0.15) is 64.9 Å². The van der Waals surface area contributed by atoms with Crippen molar-refractivity contribution in [3.8, 4) is 0 Å². The van der Waals surface area contributed by atoms with E-state index in [9.17, 15) is 15.3 Å². The number of methoxy groups -OCH3 is 1. The van der Waals surface area contributed by atoms with E-state index in [-0.39, 0.29) is 28.3 Å². The summed E-state index contributed by atoms with van der Waals surface area (Å²) in [5.74, 6) is 3.25. The summed E-state index contributed by atoms with van der Waals surface area (Å²) in [6.07, 6.45) is 9.64. The number of aliphatic hydroxyl groups is 3. The lowest BCUT2D eigenvalue weighted by Crippen LogP contribution is -2.60. The molecule has 5 fully saturated rings. The van der Waals surface area contributed by atoms with E-state index in [1.54, 1.807) is 7.11 Å². The van der Waals surface area contributed by atoms with Crippen LogP contribution in [0.15, 0.2) is 36.1 Å². The van der Waals surface area contributed by atoms with Gasteiger partial charge in [0.25, 0.3) is 0 Å². The SMILES string of the molecule is CO[C@H]1C=C(O)[C@H]2[C@@H]3[C@H]4C[C@H]5CC[C@@H]6C[C@]5(C[C@H]6Cc5cccc(NC[C@H](C)O)c5)[C@]3(C)[C@](C)(C4)[C@@]12O. The number of aliphatic hydroxyl groups excluding tert-OH is 2. The summed E-state index contributed by atoms with van der Waals surface area (Å²) in [6.45, 7) is 7.27. The number of ether oxygens (including phenoxy) is 1. The van der Waals surface area contributed by atoms with Crippen LogP contribution in [-0.4, -0.2) is 46.8 Å². The number of hydrogen-bond acceptors (Lipinski definition) is 5. The minimum absolute atomic E-state index is 0.000107. The minimum Gasteiger partial charge on any atom is -0.512 e. The Hall–Kier alpha value is -1.56. The van der Waals surface area contributed by atoms with Crippen LogP contribution in [0, 0.1) is 51.8 Å². The molecule has 4 N–H and O–H groups in total. The molecule has 7 rings (SSSR count). The van der Waals surface area contributed by atoms with Crippen LogP contribution >= 0.6 is 0 Å². The quantitative estimate of drug-likeness (QED) is 0.419. The van der Waals surface area contributed by atoms with E-state index in [4.69, 9.17) is 4.74 Å². The molecule has 0 heterocycles. The van der Waals surface area contributed by atoms with E-state index in [0.29, 0.717) is 30.1 Å². The van der Waals surface area contributed by atoms with Gasteiger partial charge in [0.05, 0.1) is 17.8 Å². The second-order valence-corrected chi connectivity index (χ2v) is 14.3. The highest BCUT2D eigenvalue weighted by atomic mass is 16.5. The number of rotatable bonds is 6. The monoisotopic (exact) mass is 507 g/mol. The number of anilines is 1. The van der Waals surface area contributed by atoms with E-state index in [1.165, 1.54) is 37.7 Å². The topological polar surface area (TPSA) is 82.0 Å². The zero-order valence-electron chi connectivity index (χ0n) is 22.9. The molecule has 6 bridgehead atoms. The van der Waals surface area contributed by atoms with E-state index in [0.717, 1.165) is 30.4 Å². The number of fused-ring (bicyclic) bond motifs is 3. The molecule has 0 aliphatic heterocycles. The summed E-state index contributed by atoms with van der Waals surface area (Å²) in [7, 11) is 1.69. The van der Waals surface area contributed by atoms with Gasteiger partial charge in [-0.1, -0.05) is 26.0 Å². The van der Waals surface area contributed by atoms with Crippen molar-refractivity contribution in [1.82, 2.24) is 0 Å². The Morgan fingerprint density at radius 1 is 1.14 bits per heavy atom. The third-order valence-electron chi connectivity index (χ3n) is 13.3. The van der Waals surface area contributed by atoms with Crippen molar-refractivity contribution in [2.45, 2.75) is 83.5 Å². The first-order valence-corrected chi connectivity index (χ1v) is 14.8. The van der Waals surface area contributed by atoms with Crippen molar-refractivity contribution < 1.29 is 20.1 Å². The average molecular weight is 508 g/mol. The van der Waals surface area contributed by atoms with Gasteiger partial charge >= 0.3 is 0 Å². The summed E-state index contributed by atoms with van der Waals surface area (Å²) in [6, 6.07) is 8.78. The lowest BCUT2D eigenvalue weighted by Gasteiger charge is -2.61. The number of nitrogens with one attached hydrogen (secondary N) is 1. The molecule has 5 saturated carbocycles. The Kier molecular flexibility index (Phi) is 5.13. The first kappa shape index (κ1) is 24.5. The fraction of sp³-hybridized carbons (Fsp3) is 0.750. The second kappa shape index (κ2) is 7.76.